The van der Waals surface area contributed by atoms with E-state index in [2.05, 4.69) is 5.32 Å². The van der Waals surface area contributed by atoms with Gasteiger partial charge in [-0.3, -0.25) is 4.79 Å². The van der Waals surface area contributed by atoms with Crippen molar-refractivity contribution in [2.75, 3.05) is 5.73 Å². The molecule has 0 heterocycles. The maximum atomic E-state index is 12.1. The summed E-state index contributed by atoms with van der Waals surface area (Å²) in [5, 5.41) is 3.69. The van der Waals surface area contributed by atoms with Crippen LogP contribution in [0.4, 0.5) is 5.69 Å². The van der Waals surface area contributed by atoms with Gasteiger partial charge in [0.1, 0.15) is 0 Å². The highest BCUT2D eigenvalue weighted by Gasteiger charge is 2.19. The van der Waals surface area contributed by atoms with Gasteiger partial charge < -0.3 is 11.1 Å². The number of benzene rings is 1. The number of nitrogen functional groups attached to an aromatic ring is 1. The Morgan fingerprint density at radius 3 is 2.50 bits per heavy atom. The molecule has 0 unspecified atom stereocenters. The second-order valence-corrected chi connectivity index (χ2v) is 5.48. The molecule has 0 radical (unpaired) electrons. The Kier molecular flexibility index (Phi) is 4.36. The second-order valence-electron chi connectivity index (χ2n) is 4.66. The van der Waals surface area contributed by atoms with Crippen LogP contribution < -0.4 is 11.1 Å². The van der Waals surface area contributed by atoms with Gasteiger partial charge in [0, 0.05) is 6.04 Å². The average molecular weight is 287 g/mol. The molecule has 1 aliphatic carbocycles. The third kappa shape index (κ3) is 3.09. The first kappa shape index (κ1) is 13.5. The number of carbonyl (C=O) groups is 1. The molecule has 0 aliphatic heterocycles. The Morgan fingerprint density at radius 1 is 1.17 bits per heavy atom. The van der Waals surface area contributed by atoms with Crippen LogP contribution in [0, 0.1) is 0 Å². The van der Waals surface area contributed by atoms with E-state index in [0.717, 1.165) is 12.8 Å². The van der Waals surface area contributed by atoms with Crippen LogP contribution in [0.25, 0.3) is 0 Å². The molecule has 0 bridgehead atoms. The highest BCUT2D eigenvalue weighted by molar-refractivity contribution is 6.37. The summed E-state index contributed by atoms with van der Waals surface area (Å²) in [4.78, 5) is 12.1. The number of nitrogens with one attached hydrogen (secondary N) is 1. The molecule has 1 saturated carbocycles. The van der Waals surface area contributed by atoms with E-state index in [-0.39, 0.29) is 11.9 Å². The van der Waals surface area contributed by atoms with Crippen molar-refractivity contribution in [2.45, 2.75) is 38.1 Å². The maximum absolute atomic E-state index is 12.1. The van der Waals surface area contributed by atoms with E-state index < -0.39 is 0 Å². The number of anilines is 1. The number of hydrogen-bond donors (Lipinski definition) is 2. The van der Waals surface area contributed by atoms with Gasteiger partial charge in [0.25, 0.3) is 5.91 Å². The third-order valence-electron chi connectivity index (χ3n) is 3.27. The van der Waals surface area contributed by atoms with E-state index in [4.69, 9.17) is 28.9 Å². The fourth-order valence-electron chi connectivity index (χ4n) is 2.25. The molecule has 5 heteroatoms. The van der Waals surface area contributed by atoms with E-state index in [9.17, 15) is 4.79 Å². The molecular weight excluding hydrogens is 271 g/mol. The second kappa shape index (κ2) is 5.81. The van der Waals surface area contributed by atoms with E-state index in [1.807, 2.05) is 0 Å². The molecule has 0 saturated heterocycles. The molecule has 1 aliphatic rings. The Morgan fingerprint density at radius 2 is 1.83 bits per heavy atom. The minimum absolute atomic E-state index is 0.172. The number of nitrogens with two attached hydrogens (primary N) is 1. The van der Waals surface area contributed by atoms with Gasteiger partial charge in [-0.25, -0.2) is 0 Å². The van der Waals surface area contributed by atoms with Crippen molar-refractivity contribution in [1.29, 1.82) is 0 Å². The normalized spacial score (nSPS) is 16.6. The molecule has 98 valence electrons. The molecule has 1 aromatic rings. The fourth-order valence-corrected chi connectivity index (χ4v) is 2.67. The van der Waals surface area contributed by atoms with Gasteiger partial charge in [-0.1, -0.05) is 42.5 Å². The topological polar surface area (TPSA) is 55.1 Å². The van der Waals surface area contributed by atoms with Crippen LogP contribution in [0.5, 0.6) is 0 Å². The van der Waals surface area contributed by atoms with Crippen molar-refractivity contribution in [3.8, 4) is 0 Å². The van der Waals surface area contributed by atoms with Crippen molar-refractivity contribution in [1.82, 2.24) is 5.32 Å². The minimum Gasteiger partial charge on any atom is -0.397 e. The Hall–Kier alpha value is -0.930. The average Bonchev–Trinajstić information content (AvgIpc) is 2.35. The summed E-state index contributed by atoms with van der Waals surface area (Å²) in [5.74, 6) is -0.172. The van der Waals surface area contributed by atoms with Gasteiger partial charge in [0.05, 0.1) is 21.3 Å². The van der Waals surface area contributed by atoms with Crippen molar-refractivity contribution in [2.24, 2.45) is 0 Å². The lowest BCUT2D eigenvalue weighted by Gasteiger charge is -2.23. The summed E-state index contributed by atoms with van der Waals surface area (Å²) in [6.45, 7) is 0. The summed E-state index contributed by atoms with van der Waals surface area (Å²) >= 11 is 11.9. The smallest absolute Gasteiger partial charge is 0.253 e. The minimum atomic E-state index is -0.172. The van der Waals surface area contributed by atoms with Crippen LogP contribution >= 0.6 is 23.2 Å². The van der Waals surface area contributed by atoms with Gasteiger partial charge in [-0.05, 0) is 25.0 Å². The van der Waals surface area contributed by atoms with E-state index in [0.29, 0.717) is 21.3 Å². The molecule has 18 heavy (non-hydrogen) atoms. The largest absolute Gasteiger partial charge is 0.397 e. The van der Waals surface area contributed by atoms with E-state index in [1.165, 1.54) is 31.4 Å². The summed E-state index contributed by atoms with van der Waals surface area (Å²) in [6, 6.07) is 3.29. The van der Waals surface area contributed by atoms with Gasteiger partial charge in [0.2, 0.25) is 0 Å². The van der Waals surface area contributed by atoms with Crippen molar-refractivity contribution < 1.29 is 4.79 Å². The number of halogens is 2. The Labute approximate surface area is 117 Å². The van der Waals surface area contributed by atoms with Crippen LogP contribution in [-0.4, -0.2) is 11.9 Å². The van der Waals surface area contributed by atoms with Crippen LogP contribution in [0.1, 0.15) is 42.5 Å². The van der Waals surface area contributed by atoms with Gasteiger partial charge in [-0.15, -0.1) is 0 Å². The van der Waals surface area contributed by atoms with Crippen LogP contribution in [0.3, 0.4) is 0 Å². The van der Waals surface area contributed by atoms with Gasteiger partial charge >= 0.3 is 0 Å². The molecule has 0 aromatic heterocycles. The van der Waals surface area contributed by atoms with E-state index >= 15 is 0 Å². The zero-order chi connectivity index (χ0) is 13.1. The van der Waals surface area contributed by atoms with Crippen LogP contribution in [-0.2, 0) is 0 Å². The maximum Gasteiger partial charge on any atom is 0.253 e. The first-order valence-electron chi connectivity index (χ1n) is 6.13. The summed E-state index contributed by atoms with van der Waals surface area (Å²) < 4.78 is 0. The Bertz CT molecular complexity index is 457. The lowest BCUT2D eigenvalue weighted by atomic mass is 9.95. The lowest BCUT2D eigenvalue weighted by Crippen LogP contribution is -2.36. The number of amides is 1. The molecule has 1 fully saturated rings. The first-order valence-corrected chi connectivity index (χ1v) is 6.89. The molecule has 2 rings (SSSR count). The van der Waals surface area contributed by atoms with Crippen molar-refractivity contribution in [3.05, 3.63) is 27.7 Å². The molecule has 0 spiro atoms. The molecule has 0 atom stereocenters. The molecule has 3 nitrogen and oxygen atoms in total. The number of hydrogen-bond acceptors (Lipinski definition) is 2. The molecule has 3 N–H and O–H groups in total. The number of rotatable bonds is 2. The predicted octanol–water partition coefficient (Wildman–Crippen LogP) is 3.64. The summed E-state index contributed by atoms with van der Waals surface area (Å²) in [5.41, 5.74) is 6.40. The van der Waals surface area contributed by atoms with E-state index in [1.54, 1.807) is 0 Å². The lowest BCUT2D eigenvalue weighted by molar-refractivity contribution is 0.0928. The van der Waals surface area contributed by atoms with Crippen molar-refractivity contribution >= 4 is 34.8 Å². The standard InChI is InChI=1S/C13H16Cl2N2O/c14-10-7-12(16)11(15)6-9(10)13(18)17-8-4-2-1-3-5-8/h6-8H,1-5,16H2,(H,17,18). The number of carbonyl (C=O) groups excluding carboxylic acids is 1. The molecular formula is C13H16Cl2N2O. The molecule has 1 aromatic carbocycles. The van der Waals surface area contributed by atoms with Crippen LogP contribution in [0.15, 0.2) is 12.1 Å². The zero-order valence-electron chi connectivity index (χ0n) is 10.0. The Balaban J connectivity index is 2.10. The van der Waals surface area contributed by atoms with Crippen molar-refractivity contribution in [3.63, 3.8) is 0 Å². The highest BCUT2D eigenvalue weighted by Crippen LogP contribution is 2.27. The SMILES string of the molecule is Nc1cc(Cl)c(C(=O)NC2CCCCC2)cc1Cl. The van der Waals surface area contributed by atoms with Crippen LogP contribution in [0.2, 0.25) is 10.0 Å². The first-order chi connectivity index (χ1) is 8.58. The zero-order valence-corrected chi connectivity index (χ0v) is 11.5. The summed E-state index contributed by atoms with van der Waals surface area (Å²) in [7, 11) is 0. The van der Waals surface area contributed by atoms with Gasteiger partial charge in [-0.2, -0.15) is 0 Å². The third-order valence-corrected chi connectivity index (χ3v) is 3.91. The fraction of sp³-hybridized carbons (Fsp3) is 0.462. The molecule has 1 amide bonds. The summed E-state index contributed by atoms with van der Waals surface area (Å²) in [6.07, 6.45) is 5.65. The quantitative estimate of drug-likeness (QED) is 0.816. The predicted molar refractivity (Wildman–Crippen MR) is 75.2 cm³/mol. The highest BCUT2D eigenvalue weighted by atomic mass is 35.5. The van der Waals surface area contributed by atoms with Gasteiger partial charge in [0.15, 0.2) is 0 Å². The monoisotopic (exact) mass is 286 g/mol.